The van der Waals surface area contributed by atoms with E-state index in [1.807, 2.05) is 0 Å². The van der Waals surface area contributed by atoms with Crippen LogP contribution in [0.25, 0.3) is 0 Å². The molecule has 1 amide bonds. The maximum Gasteiger partial charge on any atom is 0.330 e. The smallest absolute Gasteiger partial charge is 0.330 e. The molecule has 0 fully saturated rings. The fourth-order valence-corrected chi connectivity index (χ4v) is 0.818. The van der Waals surface area contributed by atoms with Crippen molar-refractivity contribution in [3.63, 3.8) is 0 Å². The van der Waals surface area contributed by atoms with Crippen molar-refractivity contribution in [1.82, 2.24) is 4.90 Å². The second-order valence-electron chi connectivity index (χ2n) is 1.69. The van der Waals surface area contributed by atoms with E-state index in [1.54, 1.807) is 0 Å². The van der Waals surface area contributed by atoms with Crippen LogP contribution in [0.2, 0.25) is 0 Å². The molecule has 0 saturated heterocycles. The van der Waals surface area contributed by atoms with Crippen molar-refractivity contribution >= 4 is 13.9 Å². The summed E-state index contributed by atoms with van der Waals surface area (Å²) in [4.78, 5) is 21.4. The zero-order chi connectivity index (χ0) is 7.44. The average molecular weight is 149 g/mol. The number of carbonyl (C=O) groups excluding carboxylic acids is 1. The summed E-state index contributed by atoms with van der Waals surface area (Å²) in [5.74, 6) is -0.241. The lowest BCUT2D eigenvalue weighted by Gasteiger charge is -2.06. The first-order valence-corrected chi connectivity index (χ1v) is 3.74. The van der Waals surface area contributed by atoms with E-state index >= 15 is 0 Å². The molecule has 4 nitrogen and oxygen atoms in total. The standard InChI is InChI=1S/C4H8NO3P/c1-4(6)5(2)3-9(7)8/h3H2,1-2H3. The molecule has 0 saturated carbocycles. The maximum absolute atomic E-state index is 10.3. The predicted octanol–water partition coefficient (Wildman–Crippen LogP) is -0.475. The van der Waals surface area contributed by atoms with Crippen LogP contribution in [-0.2, 0) is 9.36 Å². The molecule has 1 atom stereocenters. The number of hydrogen-bond donors (Lipinski definition) is 0. The highest BCUT2D eigenvalue weighted by molar-refractivity contribution is 7.36. The Labute approximate surface area is 54.3 Å². The number of hydrogen-bond acceptors (Lipinski definition) is 3. The van der Waals surface area contributed by atoms with Gasteiger partial charge in [0, 0.05) is 14.0 Å². The van der Waals surface area contributed by atoms with E-state index in [9.17, 15) is 14.3 Å². The highest BCUT2D eigenvalue weighted by atomic mass is 31.1. The minimum Gasteiger partial charge on any atom is -0.594 e. The Hall–Kier alpha value is -0.470. The van der Waals surface area contributed by atoms with Gasteiger partial charge in [-0.25, -0.2) is 0 Å². The van der Waals surface area contributed by atoms with Crippen molar-refractivity contribution in [3.05, 3.63) is 0 Å². The van der Waals surface area contributed by atoms with E-state index in [1.165, 1.54) is 14.0 Å². The minimum atomic E-state index is -2.47. The van der Waals surface area contributed by atoms with Crippen LogP contribution >= 0.6 is 8.03 Å². The first kappa shape index (κ1) is 8.53. The van der Waals surface area contributed by atoms with E-state index in [0.717, 1.165) is 4.90 Å². The fourth-order valence-electron chi connectivity index (χ4n) is 0.273. The van der Waals surface area contributed by atoms with Gasteiger partial charge >= 0.3 is 8.03 Å². The first-order chi connectivity index (χ1) is 4.04. The van der Waals surface area contributed by atoms with Crippen LogP contribution in [0.5, 0.6) is 0 Å². The van der Waals surface area contributed by atoms with Crippen LogP contribution in [0.3, 0.4) is 0 Å². The van der Waals surface area contributed by atoms with E-state index in [4.69, 9.17) is 0 Å². The number of nitrogens with zero attached hydrogens (tertiary/aromatic N) is 1. The predicted molar refractivity (Wildman–Crippen MR) is 30.9 cm³/mol. The normalized spacial score (nSPS) is 10.8. The van der Waals surface area contributed by atoms with Gasteiger partial charge in [-0.2, -0.15) is 0 Å². The average Bonchev–Trinajstić information content (AvgIpc) is 1.63. The zero-order valence-corrected chi connectivity index (χ0v) is 6.22. The molecule has 0 radical (unpaired) electrons. The molecule has 0 spiro atoms. The molecule has 0 bridgehead atoms. The van der Waals surface area contributed by atoms with Crippen molar-refractivity contribution in [2.75, 3.05) is 13.3 Å². The van der Waals surface area contributed by atoms with Crippen molar-refractivity contribution in [3.8, 4) is 0 Å². The Morgan fingerprint density at radius 3 is 2.33 bits per heavy atom. The third-order valence-electron chi connectivity index (χ3n) is 0.865. The van der Waals surface area contributed by atoms with Gasteiger partial charge in [0.15, 0.2) is 0 Å². The van der Waals surface area contributed by atoms with Gasteiger partial charge in [0.25, 0.3) is 0 Å². The molecular formula is C4H8NO3P. The third kappa shape index (κ3) is 4.06. The van der Waals surface area contributed by atoms with E-state index < -0.39 is 8.03 Å². The lowest BCUT2D eigenvalue weighted by Crippen LogP contribution is -2.24. The minimum absolute atomic E-state index is 0.190. The van der Waals surface area contributed by atoms with Crippen LogP contribution < -0.4 is 4.89 Å². The first-order valence-electron chi connectivity index (χ1n) is 2.37. The summed E-state index contributed by atoms with van der Waals surface area (Å²) < 4.78 is 9.96. The van der Waals surface area contributed by atoms with Gasteiger partial charge in [-0.1, -0.05) is 4.57 Å². The summed E-state index contributed by atoms with van der Waals surface area (Å²) in [5, 5.41) is 0. The van der Waals surface area contributed by atoms with E-state index in [0.29, 0.717) is 0 Å². The quantitative estimate of drug-likeness (QED) is 0.498. The van der Waals surface area contributed by atoms with Crippen LogP contribution in [0, 0.1) is 0 Å². The second-order valence-corrected chi connectivity index (χ2v) is 2.64. The highest BCUT2D eigenvalue weighted by Crippen LogP contribution is 2.07. The lowest BCUT2D eigenvalue weighted by atomic mass is 10.6. The Morgan fingerprint density at radius 2 is 2.22 bits per heavy atom. The molecule has 0 aliphatic heterocycles. The van der Waals surface area contributed by atoms with Crippen molar-refractivity contribution in [1.29, 1.82) is 0 Å². The molecule has 0 heterocycles. The van der Waals surface area contributed by atoms with Crippen LogP contribution in [0.1, 0.15) is 6.92 Å². The molecule has 1 unspecified atom stereocenters. The summed E-state index contributed by atoms with van der Waals surface area (Å²) in [6.45, 7) is 1.32. The highest BCUT2D eigenvalue weighted by Gasteiger charge is 2.08. The van der Waals surface area contributed by atoms with Gasteiger partial charge in [-0.15, -0.1) is 0 Å². The lowest BCUT2D eigenvalue weighted by molar-refractivity contribution is -0.166. The maximum atomic E-state index is 10.3. The van der Waals surface area contributed by atoms with Gasteiger partial charge < -0.3 is 9.79 Å². The molecule has 5 heteroatoms. The van der Waals surface area contributed by atoms with Crippen LogP contribution in [0.15, 0.2) is 0 Å². The van der Waals surface area contributed by atoms with Crippen molar-refractivity contribution < 1.29 is 14.3 Å². The van der Waals surface area contributed by atoms with E-state index in [-0.39, 0.29) is 12.2 Å². The number of rotatable bonds is 2. The summed E-state index contributed by atoms with van der Waals surface area (Å²) in [6, 6.07) is 0. The van der Waals surface area contributed by atoms with Crippen molar-refractivity contribution in [2.24, 2.45) is 0 Å². The summed E-state index contributed by atoms with van der Waals surface area (Å²) in [6.07, 6.45) is -0.190. The largest absolute Gasteiger partial charge is 0.594 e. The number of carbonyl (C=O) groups is 1. The van der Waals surface area contributed by atoms with Gasteiger partial charge in [0.1, 0.15) is 0 Å². The Morgan fingerprint density at radius 1 is 1.78 bits per heavy atom. The molecule has 0 aromatic rings. The third-order valence-corrected chi connectivity index (χ3v) is 1.52. The topological polar surface area (TPSA) is 60.4 Å². The molecule has 0 aliphatic rings. The van der Waals surface area contributed by atoms with Gasteiger partial charge in [0.2, 0.25) is 12.2 Å². The monoisotopic (exact) mass is 149 g/mol. The molecule has 0 aromatic heterocycles. The second kappa shape index (κ2) is 3.54. The molecule has 0 aliphatic carbocycles. The van der Waals surface area contributed by atoms with Crippen molar-refractivity contribution in [2.45, 2.75) is 6.92 Å². The van der Waals surface area contributed by atoms with Gasteiger partial charge in [-0.05, 0) is 0 Å². The fraction of sp³-hybridized carbons (Fsp3) is 0.750. The summed E-state index contributed by atoms with van der Waals surface area (Å²) in [7, 11) is -1.03. The van der Waals surface area contributed by atoms with E-state index in [2.05, 4.69) is 0 Å². The van der Waals surface area contributed by atoms with Gasteiger partial charge in [0.05, 0.1) is 0 Å². The van der Waals surface area contributed by atoms with Gasteiger partial charge in [-0.3, -0.25) is 4.79 Å². The molecule has 52 valence electrons. The number of amides is 1. The molecule has 0 aromatic carbocycles. The molecular weight excluding hydrogens is 141 g/mol. The summed E-state index contributed by atoms with van der Waals surface area (Å²) >= 11 is 0. The van der Waals surface area contributed by atoms with Crippen LogP contribution in [0.4, 0.5) is 0 Å². The Balaban J connectivity index is 3.63. The zero-order valence-electron chi connectivity index (χ0n) is 5.33. The summed E-state index contributed by atoms with van der Waals surface area (Å²) in [5.41, 5.74) is 0. The Bertz CT molecular complexity index is 136. The Kier molecular flexibility index (Phi) is 3.35. The SMILES string of the molecule is CC(=O)N(C)C[P+](=O)[O-]. The van der Waals surface area contributed by atoms with Crippen LogP contribution in [-0.4, -0.2) is 24.1 Å². The molecule has 0 rings (SSSR count). The molecule has 9 heavy (non-hydrogen) atoms. The molecule has 0 N–H and O–H groups in total.